The zero-order chi connectivity index (χ0) is 20.9. The van der Waals surface area contributed by atoms with Crippen molar-refractivity contribution in [2.24, 2.45) is 15.4 Å². The molecule has 0 bridgehead atoms. The molecular weight excluding hydrogens is 402 g/mol. The van der Waals surface area contributed by atoms with Crippen molar-refractivity contribution < 1.29 is 13.7 Å². The van der Waals surface area contributed by atoms with Crippen molar-refractivity contribution in [1.82, 2.24) is 9.78 Å². The fourth-order valence-electron chi connectivity index (χ4n) is 4.78. The van der Waals surface area contributed by atoms with E-state index in [-0.39, 0.29) is 4.90 Å². The minimum absolute atomic E-state index is 0.176. The average Bonchev–Trinajstić information content (AvgIpc) is 3.41. The van der Waals surface area contributed by atoms with Crippen molar-refractivity contribution >= 4 is 21.6 Å². The van der Waals surface area contributed by atoms with Crippen molar-refractivity contribution in [3.05, 3.63) is 34.5 Å². The predicted octanol–water partition coefficient (Wildman–Crippen LogP) is 3.21. The second-order valence-electron chi connectivity index (χ2n) is 8.57. The summed E-state index contributed by atoms with van der Waals surface area (Å²) in [6.07, 6.45) is 8.44. The molecule has 8 nitrogen and oxygen atoms in total. The smallest absolute Gasteiger partial charge is 0.354 e. The number of fused-ring (bicyclic) bond motifs is 3. The monoisotopic (exact) mass is 429 g/mol. The molecule has 2 atom stereocenters. The van der Waals surface area contributed by atoms with Crippen LogP contribution in [0.4, 0.5) is 10.5 Å². The molecule has 1 aliphatic heterocycles. The molecule has 3 aliphatic rings. The lowest BCUT2D eigenvalue weighted by molar-refractivity contribution is 0.254. The maximum Gasteiger partial charge on any atom is 0.354 e. The van der Waals surface area contributed by atoms with Gasteiger partial charge in [-0.1, -0.05) is 13.0 Å². The van der Waals surface area contributed by atoms with E-state index in [0.29, 0.717) is 24.9 Å². The third kappa shape index (κ3) is 3.39. The number of hydrogen-bond donors (Lipinski definition) is 2. The van der Waals surface area contributed by atoms with Crippen LogP contribution in [0.25, 0.3) is 0 Å². The van der Waals surface area contributed by atoms with E-state index >= 15 is 0 Å². The number of rotatable bonds is 2. The Kier molecular flexibility index (Phi) is 4.82. The minimum Gasteiger partial charge on any atom is -0.477 e. The molecular formula is C21H27N5O3S. The molecule has 2 aromatic rings. The van der Waals surface area contributed by atoms with Gasteiger partial charge in [0.05, 0.1) is 12.8 Å². The van der Waals surface area contributed by atoms with Crippen molar-refractivity contribution in [3.8, 4) is 5.88 Å². The Morgan fingerprint density at radius 2 is 1.97 bits per heavy atom. The molecule has 1 aromatic heterocycles. The normalized spacial score (nSPS) is 21.6. The van der Waals surface area contributed by atoms with Gasteiger partial charge in [-0.15, -0.1) is 4.36 Å². The number of amides is 2. The van der Waals surface area contributed by atoms with Gasteiger partial charge in [-0.05, 0) is 73.1 Å². The number of benzene rings is 1. The van der Waals surface area contributed by atoms with Crippen molar-refractivity contribution in [2.45, 2.75) is 63.3 Å². The quantitative estimate of drug-likeness (QED) is 0.763. The Morgan fingerprint density at radius 1 is 1.27 bits per heavy atom. The molecule has 0 saturated heterocycles. The Balaban J connectivity index is 1.46. The van der Waals surface area contributed by atoms with Crippen LogP contribution in [0.3, 0.4) is 0 Å². The average molecular weight is 430 g/mol. The summed E-state index contributed by atoms with van der Waals surface area (Å²) in [5.41, 5.74) is 5.87. The molecule has 2 aliphatic carbocycles. The summed E-state index contributed by atoms with van der Waals surface area (Å²) in [7, 11) is -3.48. The zero-order valence-corrected chi connectivity index (χ0v) is 18.0. The van der Waals surface area contributed by atoms with Gasteiger partial charge in [-0.25, -0.2) is 18.8 Å². The lowest BCUT2D eigenvalue weighted by atomic mass is 9.99. The van der Waals surface area contributed by atoms with Crippen LogP contribution in [0.1, 0.15) is 48.4 Å². The summed E-state index contributed by atoms with van der Waals surface area (Å²) in [6.45, 7) is 3.23. The molecule has 1 unspecified atom stereocenters. The van der Waals surface area contributed by atoms with Crippen LogP contribution in [0.2, 0.25) is 0 Å². The highest BCUT2D eigenvalue weighted by Gasteiger charge is 2.27. The second kappa shape index (κ2) is 7.39. The molecule has 1 aromatic carbocycles. The van der Waals surface area contributed by atoms with Gasteiger partial charge in [0.1, 0.15) is 4.90 Å². The van der Waals surface area contributed by atoms with Gasteiger partial charge in [0, 0.05) is 12.2 Å². The topological polar surface area (TPSA) is 112 Å². The van der Waals surface area contributed by atoms with Gasteiger partial charge in [-0.2, -0.15) is 5.10 Å². The number of nitrogens with two attached hydrogens (primary N) is 1. The molecule has 30 heavy (non-hydrogen) atoms. The molecule has 0 radical (unpaired) electrons. The lowest BCUT2D eigenvalue weighted by Crippen LogP contribution is -2.19. The van der Waals surface area contributed by atoms with Gasteiger partial charge in [0.25, 0.3) is 0 Å². The number of aromatic nitrogens is 2. The molecule has 9 heteroatoms. The van der Waals surface area contributed by atoms with Crippen LogP contribution in [-0.2, 0) is 42.1 Å². The minimum atomic E-state index is -3.48. The number of anilines is 1. The van der Waals surface area contributed by atoms with Crippen LogP contribution in [0.15, 0.2) is 21.5 Å². The highest BCUT2D eigenvalue weighted by molar-refractivity contribution is 7.91. The number of aryl methyl sites for hydroxylation is 3. The summed E-state index contributed by atoms with van der Waals surface area (Å²) < 4.78 is 24.5. The molecule has 160 valence electrons. The van der Waals surface area contributed by atoms with E-state index in [0.717, 1.165) is 50.6 Å². The summed E-state index contributed by atoms with van der Waals surface area (Å²) in [6, 6.07) is 1.61. The van der Waals surface area contributed by atoms with Gasteiger partial charge >= 0.3 is 6.03 Å². The molecule has 0 fully saturated rings. The standard InChI is InChI=1S/C21H27N5O3S/c1-13-8-9-26-20(29-12-13)18(11-23-26)30(22,28)25-21(27)24-19-16-6-2-4-14(16)10-15-5-3-7-17(15)19/h10-11,13H,2-9,12H2,1H3,(H3,22,24,25,27,28)/t13-,30?/m0/s1. The molecule has 0 spiro atoms. The van der Waals surface area contributed by atoms with Crippen LogP contribution in [0, 0.1) is 5.92 Å². The largest absolute Gasteiger partial charge is 0.477 e. The summed E-state index contributed by atoms with van der Waals surface area (Å²) in [5.74, 6) is 0.709. The van der Waals surface area contributed by atoms with E-state index in [2.05, 4.69) is 27.8 Å². The highest BCUT2D eigenvalue weighted by Crippen LogP contribution is 2.38. The first-order chi connectivity index (χ1) is 14.4. The van der Waals surface area contributed by atoms with Gasteiger partial charge in [0.15, 0.2) is 9.92 Å². The zero-order valence-electron chi connectivity index (χ0n) is 17.1. The summed E-state index contributed by atoms with van der Waals surface area (Å²) in [4.78, 5) is 13.0. The number of nitrogens with one attached hydrogen (secondary N) is 1. The first-order valence-corrected chi connectivity index (χ1v) is 12.2. The predicted molar refractivity (Wildman–Crippen MR) is 114 cm³/mol. The van der Waals surface area contributed by atoms with Crippen molar-refractivity contribution in [2.75, 3.05) is 11.9 Å². The van der Waals surface area contributed by atoms with Gasteiger partial charge in [-0.3, -0.25) is 0 Å². The molecule has 3 N–H and O–H groups in total. The fourth-order valence-corrected chi connectivity index (χ4v) is 5.78. The lowest BCUT2D eigenvalue weighted by Gasteiger charge is -2.15. The van der Waals surface area contributed by atoms with Crippen LogP contribution >= 0.6 is 0 Å². The third-order valence-corrected chi connectivity index (χ3v) is 7.68. The van der Waals surface area contributed by atoms with Gasteiger partial charge in [0.2, 0.25) is 5.88 Å². The van der Waals surface area contributed by atoms with E-state index < -0.39 is 15.9 Å². The first-order valence-electron chi connectivity index (χ1n) is 10.6. The fraction of sp³-hybridized carbons (Fsp3) is 0.524. The van der Waals surface area contributed by atoms with Crippen LogP contribution in [0.5, 0.6) is 5.88 Å². The van der Waals surface area contributed by atoms with Crippen molar-refractivity contribution in [3.63, 3.8) is 0 Å². The van der Waals surface area contributed by atoms with Crippen molar-refractivity contribution in [1.29, 1.82) is 0 Å². The Morgan fingerprint density at radius 3 is 2.67 bits per heavy atom. The van der Waals surface area contributed by atoms with Gasteiger partial charge < -0.3 is 10.1 Å². The molecule has 2 amide bonds. The molecule has 5 rings (SSSR count). The second-order valence-corrected chi connectivity index (χ2v) is 10.3. The maximum atomic E-state index is 13.2. The van der Waals surface area contributed by atoms with Crippen LogP contribution < -0.4 is 15.2 Å². The number of ether oxygens (including phenoxy) is 1. The number of carbonyl (C=O) groups is 1. The van der Waals surface area contributed by atoms with E-state index in [9.17, 15) is 9.00 Å². The van der Waals surface area contributed by atoms with E-state index in [1.54, 1.807) is 4.68 Å². The first kappa shape index (κ1) is 19.6. The number of urea groups is 1. The summed E-state index contributed by atoms with van der Waals surface area (Å²) >= 11 is 0. The van der Waals surface area contributed by atoms with E-state index in [1.165, 1.54) is 28.5 Å². The maximum absolute atomic E-state index is 13.2. The molecule has 2 heterocycles. The SMILES string of the molecule is C[C@H]1CCn2ncc(S(N)(=O)=NC(=O)Nc3c4c(cc5c3CCC5)CCC4)c2OC1. The van der Waals surface area contributed by atoms with Crippen LogP contribution in [-0.4, -0.2) is 26.6 Å². The third-order valence-electron chi connectivity index (χ3n) is 6.34. The number of nitrogens with zero attached hydrogens (tertiary/aromatic N) is 3. The summed E-state index contributed by atoms with van der Waals surface area (Å²) in [5, 5.41) is 13.2. The van der Waals surface area contributed by atoms with E-state index in [1.807, 2.05) is 0 Å². The Hall–Kier alpha value is -2.39. The number of hydrogen-bond acceptors (Lipinski definition) is 4. The Labute approximate surface area is 176 Å². The van der Waals surface area contributed by atoms with E-state index in [4.69, 9.17) is 9.88 Å². The molecule has 0 saturated carbocycles. The number of carbonyl (C=O) groups excluding carboxylic acids is 1. The Bertz CT molecular complexity index is 1110. The highest BCUT2D eigenvalue weighted by atomic mass is 32.2.